The van der Waals surface area contributed by atoms with Crippen molar-refractivity contribution in [1.82, 2.24) is 20.4 Å². The van der Waals surface area contributed by atoms with Crippen molar-refractivity contribution in [1.29, 1.82) is 5.26 Å². The first-order valence-corrected chi connectivity index (χ1v) is 15.3. The van der Waals surface area contributed by atoms with Crippen LogP contribution in [0.1, 0.15) is 88.5 Å². The van der Waals surface area contributed by atoms with Gasteiger partial charge in [-0.2, -0.15) is 5.26 Å². The van der Waals surface area contributed by atoms with E-state index in [2.05, 4.69) is 26.9 Å². The Balaban J connectivity index is 0.955. The molecule has 8 nitrogen and oxygen atoms in total. The highest BCUT2D eigenvalue weighted by atomic mass is 32.1. The van der Waals surface area contributed by atoms with Gasteiger partial charge in [-0.05, 0) is 94.8 Å². The summed E-state index contributed by atoms with van der Waals surface area (Å²) in [7, 11) is 0. The summed E-state index contributed by atoms with van der Waals surface area (Å²) in [6.07, 6.45) is 11.7. The number of halogens is 1. The lowest BCUT2D eigenvalue weighted by atomic mass is 9.50. The predicted molar refractivity (Wildman–Crippen MR) is 140 cm³/mol. The molecule has 8 aliphatic rings. The van der Waals surface area contributed by atoms with Gasteiger partial charge in [0.05, 0.1) is 19.2 Å². The Kier molecular flexibility index (Phi) is 5.86. The van der Waals surface area contributed by atoms with Crippen molar-refractivity contribution in [3.8, 4) is 6.07 Å². The number of anilines is 1. The third-order valence-corrected chi connectivity index (χ3v) is 12.3. The molecule has 2 amide bonds. The maximum Gasteiger partial charge on any atom is 0.237 e. The summed E-state index contributed by atoms with van der Waals surface area (Å²) in [5, 5.41) is 26.7. The molecule has 2 N–H and O–H groups in total. The smallest absolute Gasteiger partial charge is 0.237 e. The zero-order chi connectivity index (χ0) is 26.1. The highest BCUT2D eigenvalue weighted by Gasteiger charge is 2.54. The molecule has 6 bridgehead atoms. The van der Waals surface area contributed by atoms with Crippen LogP contribution in [0.5, 0.6) is 0 Å². The van der Waals surface area contributed by atoms with Crippen molar-refractivity contribution < 1.29 is 14.0 Å². The number of carbonyl (C=O) groups is 2. The maximum absolute atomic E-state index is 13.7. The number of hydrogen-bond acceptors (Lipinski definition) is 7. The lowest BCUT2D eigenvalue weighted by Crippen LogP contribution is -2.59. The number of aromatic nitrogens is 2. The standard InChI is InChI=1S/C28H37FN6O2S/c29-20-10-21(14-30)35(16-20)22(36)15-31-28-4-1-26(2-5-28,3-6-28)23(37)32-25-34-33-24(38-25)27-11-17-7-18(12-27)9-19(8-17)13-27/h17-21,31H,1-13,15-16H2,(H,32,34,37)/t17?,18?,19?,20-,21-,26?,27?,28?/m0/s1. The second-order valence-electron chi connectivity index (χ2n) is 13.5. The summed E-state index contributed by atoms with van der Waals surface area (Å²) in [6, 6.07) is 1.38. The van der Waals surface area contributed by atoms with Crippen molar-refractivity contribution in [3.05, 3.63) is 5.01 Å². The summed E-state index contributed by atoms with van der Waals surface area (Å²) in [4.78, 5) is 27.6. The van der Waals surface area contributed by atoms with E-state index in [1.165, 1.54) is 43.4 Å². The first-order valence-electron chi connectivity index (χ1n) is 14.5. The molecule has 2 atom stereocenters. The first kappa shape index (κ1) is 24.9. The van der Waals surface area contributed by atoms with E-state index in [1.807, 2.05) is 0 Å². The number of nitriles is 1. The Morgan fingerprint density at radius 2 is 1.63 bits per heavy atom. The minimum atomic E-state index is -1.12. The van der Waals surface area contributed by atoms with Gasteiger partial charge in [-0.25, -0.2) is 4.39 Å². The van der Waals surface area contributed by atoms with Gasteiger partial charge in [0.2, 0.25) is 16.9 Å². The summed E-state index contributed by atoms with van der Waals surface area (Å²) in [6.45, 7) is 0.118. The second-order valence-corrected chi connectivity index (χ2v) is 14.5. The second kappa shape index (κ2) is 8.95. The van der Waals surface area contributed by atoms with E-state index >= 15 is 0 Å². The minimum absolute atomic E-state index is 0.00517. The van der Waals surface area contributed by atoms with E-state index in [-0.39, 0.29) is 47.7 Å². The number of rotatable bonds is 6. The van der Waals surface area contributed by atoms with Crippen molar-refractivity contribution >= 4 is 28.3 Å². The molecule has 0 radical (unpaired) electrons. The SMILES string of the molecule is N#C[C@@H]1C[C@H](F)CN1C(=O)CNC12CCC(C(=O)Nc3nnc(C45CC6CC(CC(C6)C4)C5)s3)(CC1)CC2. The van der Waals surface area contributed by atoms with Crippen LogP contribution in [0.4, 0.5) is 9.52 Å². The number of likely N-dealkylation sites (tertiary alicyclic amines) is 1. The largest absolute Gasteiger partial charge is 0.323 e. The molecule has 10 heteroatoms. The number of nitrogens with zero attached hydrogens (tertiary/aromatic N) is 4. The Labute approximate surface area is 227 Å². The van der Waals surface area contributed by atoms with Crippen LogP contribution in [-0.2, 0) is 15.0 Å². The van der Waals surface area contributed by atoms with Crippen LogP contribution in [0.2, 0.25) is 0 Å². The maximum atomic E-state index is 13.7. The average Bonchev–Trinajstić information content (AvgIpc) is 3.54. The van der Waals surface area contributed by atoms with E-state index in [4.69, 9.17) is 0 Å². The number of hydrogen-bond donors (Lipinski definition) is 2. The monoisotopic (exact) mass is 540 g/mol. The number of fused-ring (bicyclic) bond motifs is 3. The van der Waals surface area contributed by atoms with Crippen LogP contribution >= 0.6 is 11.3 Å². The number of nitrogens with one attached hydrogen (secondary N) is 2. The zero-order valence-electron chi connectivity index (χ0n) is 21.9. The number of carbonyl (C=O) groups excluding carboxylic acids is 2. The van der Waals surface area contributed by atoms with Crippen LogP contribution < -0.4 is 10.6 Å². The Bertz CT molecular complexity index is 1120. The molecule has 1 aromatic rings. The molecule has 38 heavy (non-hydrogen) atoms. The number of amides is 2. The van der Waals surface area contributed by atoms with Crippen LogP contribution in [0.3, 0.4) is 0 Å². The Hall–Kier alpha value is -2.12. The fourth-order valence-corrected chi connectivity index (χ4v) is 10.4. The van der Waals surface area contributed by atoms with Gasteiger partial charge < -0.3 is 15.5 Å². The quantitative estimate of drug-likeness (QED) is 0.562. The first-order chi connectivity index (χ1) is 18.3. The summed E-state index contributed by atoms with van der Waals surface area (Å²) < 4.78 is 13.7. The van der Waals surface area contributed by atoms with E-state index in [0.717, 1.165) is 61.3 Å². The van der Waals surface area contributed by atoms with Crippen molar-refractivity contribution in [2.75, 3.05) is 18.4 Å². The van der Waals surface area contributed by atoms with Crippen LogP contribution in [-0.4, -0.2) is 57.8 Å². The number of alkyl halides is 1. The zero-order valence-corrected chi connectivity index (χ0v) is 22.7. The molecule has 0 spiro atoms. The van der Waals surface area contributed by atoms with E-state index in [9.17, 15) is 19.2 Å². The Morgan fingerprint density at radius 1 is 1.00 bits per heavy atom. The van der Waals surface area contributed by atoms with Crippen LogP contribution in [0.25, 0.3) is 0 Å². The van der Waals surface area contributed by atoms with Gasteiger partial charge in [0.25, 0.3) is 0 Å². The van der Waals surface area contributed by atoms with Gasteiger partial charge in [-0.1, -0.05) is 11.3 Å². The van der Waals surface area contributed by atoms with Crippen molar-refractivity contribution in [3.63, 3.8) is 0 Å². The van der Waals surface area contributed by atoms with Gasteiger partial charge in [-0.15, -0.1) is 10.2 Å². The molecule has 0 unspecified atom stereocenters. The average molecular weight is 541 g/mol. The normalized spacial score (nSPS) is 42.8. The molecule has 8 fully saturated rings. The molecule has 1 aromatic heterocycles. The van der Waals surface area contributed by atoms with Gasteiger partial charge in [-0.3, -0.25) is 9.59 Å². The highest BCUT2D eigenvalue weighted by Crippen LogP contribution is 2.61. The fraction of sp³-hybridized carbons (Fsp3) is 0.821. The van der Waals surface area contributed by atoms with Gasteiger partial charge >= 0.3 is 0 Å². The van der Waals surface area contributed by atoms with E-state index in [1.54, 1.807) is 11.3 Å². The fourth-order valence-electron chi connectivity index (χ4n) is 9.43. The minimum Gasteiger partial charge on any atom is -0.323 e. The lowest BCUT2D eigenvalue weighted by molar-refractivity contribution is -0.135. The van der Waals surface area contributed by atoms with Crippen molar-refractivity contribution in [2.45, 2.75) is 107 Å². The van der Waals surface area contributed by atoms with Crippen LogP contribution in [0.15, 0.2) is 0 Å². The molecular formula is C28H37FN6O2S. The lowest BCUT2D eigenvalue weighted by Gasteiger charge is -2.55. The summed E-state index contributed by atoms with van der Waals surface area (Å²) in [5.41, 5.74) is -0.356. The topological polar surface area (TPSA) is 111 Å². The third kappa shape index (κ3) is 4.07. The van der Waals surface area contributed by atoms with Crippen molar-refractivity contribution in [2.24, 2.45) is 23.2 Å². The van der Waals surface area contributed by atoms with E-state index in [0.29, 0.717) is 5.13 Å². The molecule has 7 saturated carbocycles. The molecular weight excluding hydrogens is 503 g/mol. The highest BCUT2D eigenvalue weighted by molar-refractivity contribution is 7.15. The molecule has 1 aliphatic heterocycles. The van der Waals surface area contributed by atoms with Gasteiger partial charge in [0.1, 0.15) is 17.2 Å². The molecule has 7 aliphatic carbocycles. The summed E-state index contributed by atoms with van der Waals surface area (Å²) >= 11 is 1.60. The Morgan fingerprint density at radius 3 is 2.24 bits per heavy atom. The molecule has 2 heterocycles. The third-order valence-electron chi connectivity index (χ3n) is 11.2. The molecule has 9 rings (SSSR count). The van der Waals surface area contributed by atoms with Gasteiger partial charge in [0.15, 0.2) is 0 Å². The molecule has 1 saturated heterocycles. The van der Waals surface area contributed by atoms with Crippen LogP contribution in [0, 0.1) is 34.5 Å². The van der Waals surface area contributed by atoms with E-state index < -0.39 is 12.2 Å². The molecule has 204 valence electrons. The predicted octanol–water partition coefficient (Wildman–Crippen LogP) is 4.09. The van der Waals surface area contributed by atoms with Gasteiger partial charge in [0, 0.05) is 22.8 Å². The summed E-state index contributed by atoms with van der Waals surface area (Å²) in [5.74, 6) is 2.40. The molecule has 0 aromatic carbocycles.